The Balaban J connectivity index is 3.16. The summed E-state index contributed by atoms with van der Waals surface area (Å²) in [7, 11) is 0. The number of carbonyl (C=O) groups is 3. The number of anilines is 1. The molecule has 0 saturated heterocycles. The molecule has 7 N–H and O–H groups in total. The topological polar surface area (TPSA) is 141 Å². The second-order valence-electron chi connectivity index (χ2n) is 5.10. The lowest BCUT2D eigenvalue weighted by Gasteiger charge is -2.25. The lowest BCUT2D eigenvalue weighted by molar-refractivity contribution is -0.124. The highest BCUT2D eigenvalue weighted by molar-refractivity contribution is 6.02. The van der Waals surface area contributed by atoms with E-state index in [1.54, 1.807) is 6.92 Å². The van der Waals surface area contributed by atoms with Crippen molar-refractivity contribution < 1.29 is 14.4 Å². The molecule has 0 aliphatic heterocycles. The van der Waals surface area contributed by atoms with Crippen molar-refractivity contribution in [3.63, 3.8) is 0 Å². The van der Waals surface area contributed by atoms with Gasteiger partial charge in [0.1, 0.15) is 0 Å². The van der Waals surface area contributed by atoms with Crippen LogP contribution in [0.25, 0.3) is 0 Å². The summed E-state index contributed by atoms with van der Waals surface area (Å²) in [5.41, 5.74) is 15.7. The fraction of sp³-hybridized carbons (Fsp3) is 0.357. The summed E-state index contributed by atoms with van der Waals surface area (Å²) in [4.78, 5) is 34.8. The smallest absolute Gasteiger partial charge is 0.248 e. The minimum atomic E-state index is -0.740. The number of nitrogens with one attached hydrogen (secondary N) is 1. The quantitative estimate of drug-likeness (QED) is 0.594. The lowest BCUT2D eigenvalue weighted by Crippen LogP contribution is -2.39. The number of rotatable bonds is 6. The number of amides is 3. The maximum Gasteiger partial charge on any atom is 0.248 e. The predicted molar refractivity (Wildman–Crippen MR) is 79.6 cm³/mol. The maximum atomic E-state index is 12.2. The first-order valence-corrected chi connectivity index (χ1v) is 6.49. The van der Waals surface area contributed by atoms with Crippen molar-refractivity contribution in [1.82, 2.24) is 0 Å². The predicted octanol–water partition coefficient (Wildman–Crippen LogP) is 0.198. The van der Waals surface area contributed by atoms with Crippen LogP contribution in [0.4, 0.5) is 5.69 Å². The fourth-order valence-corrected chi connectivity index (χ4v) is 1.66. The molecule has 0 heterocycles. The Morgan fingerprint density at radius 3 is 1.90 bits per heavy atom. The zero-order valence-electron chi connectivity index (χ0n) is 12.1. The molecule has 1 aromatic carbocycles. The average Bonchev–Trinajstić information content (AvgIpc) is 2.45. The molecule has 0 aliphatic carbocycles. The molecule has 0 spiro atoms. The maximum absolute atomic E-state index is 12.2. The summed E-state index contributed by atoms with van der Waals surface area (Å²) in [6, 6.07) is 4.06. The van der Waals surface area contributed by atoms with E-state index in [-0.39, 0.29) is 29.3 Å². The third-order valence-corrected chi connectivity index (χ3v) is 3.54. The van der Waals surface area contributed by atoms with Crippen LogP contribution in [0.1, 0.15) is 41.0 Å². The Morgan fingerprint density at radius 2 is 1.57 bits per heavy atom. The van der Waals surface area contributed by atoms with E-state index < -0.39 is 17.2 Å². The summed E-state index contributed by atoms with van der Waals surface area (Å²) < 4.78 is 0. The molecule has 7 heteroatoms. The number of carbonyl (C=O) groups excluding carboxylic acids is 3. The Bertz CT molecular complexity index is 547. The van der Waals surface area contributed by atoms with Gasteiger partial charge in [0.2, 0.25) is 17.7 Å². The van der Waals surface area contributed by atoms with E-state index in [1.165, 1.54) is 18.2 Å². The SMILES string of the molecule is CCC(C)(CN)C(=O)Nc1cc(C(N)=O)cc(C(N)=O)c1. The van der Waals surface area contributed by atoms with E-state index in [4.69, 9.17) is 17.2 Å². The Morgan fingerprint density at radius 1 is 1.10 bits per heavy atom. The van der Waals surface area contributed by atoms with E-state index in [0.29, 0.717) is 6.42 Å². The minimum absolute atomic E-state index is 0.0903. The molecular weight excluding hydrogens is 272 g/mol. The van der Waals surface area contributed by atoms with Crippen LogP contribution in [0.15, 0.2) is 18.2 Å². The van der Waals surface area contributed by atoms with Gasteiger partial charge >= 0.3 is 0 Å². The summed E-state index contributed by atoms with van der Waals surface area (Å²) in [6.07, 6.45) is 0.549. The molecule has 0 fully saturated rings. The molecule has 0 bridgehead atoms. The molecule has 1 aromatic rings. The summed E-state index contributed by atoms with van der Waals surface area (Å²) in [5, 5.41) is 2.64. The number of hydrogen-bond donors (Lipinski definition) is 4. The van der Waals surface area contributed by atoms with Gasteiger partial charge in [0, 0.05) is 23.4 Å². The van der Waals surface area contributed by atoms with Gasteiger partial charge in [0.25, 0.3) is 0 Å². The van der Waals surface area contributed by atoms with Crippen LogP contribution in [-0.2, 0) is 4.79 Å². The number of benzene rings is 1. The van der Waals surface area contributed by atoms with Crippen molar-refractivity contribution in [2.24, 2.45) is 22.6 Å². The van der Waals surface area contributed by atoms with Crippen LogP contribution in [0.3, 0.4) is 0 Å². The highest BCUT2D eigenvalue weighted by atomic mass is 16.2. The second-order valence-corrected chi connectivity index (χ2v) is 5.10. The van der Waals surface area contributed by atoms with Crippen LogP contribution < -0.4 is 22.5 Å². The van der Waals surface area contributed by atoms with Crippen molar-refractivity contribution >= 4 is 23.4 Å². The van der Waals surface area contributed by atoms with Crippen LogP contribution in [0.5, 0.6) is 0 Å². The molecule has 0 aromatic heterocycles. The van der Waals surface area contributed by atoms with E-state index in [9.17, 15) is 14.4 Å². The van der Waals surface area contributed by atoms with Crippen LogP contribution in [0, 0.1) is 5.41 Å². The number of hydrogen-bond acceptors (Lipinski definition) is 4. The zero-order chi connectivity index (χ0) is 16.2. The van der Waals surface area contributed by atoms with Gasteiger partial charge in [0.15, 0.2) is 0 Å². The van der Waals surface area contributed by atoms with Crippen LogP contribution >= 0.6 is 0 Å². The third kappa shape index (κ3) is 3.79. The first kappa shape index (κ1) is 16.6. The van der Waals surface area contributed by atoms with Gasteiger partial charge in [-0.25, -0.2) is 0 Å². The molecule has 1 unspecified atom stereocenters. The van der Waals surface area contributed by atoms with E-state index in [2.05, 4.69) is 5.32 Å². The standard InChI is InChI=1S/C14H20N4O3/c1-3-14(2,7-15)13(21)18-10-5-8(11(16)19)4-9(6-10)12(17)20/h4-6H,3,7,15H2,1-2H3,(H2,16,19)(H2,17,20)(H,18,21). The third-order valence-electron chi connectivity index (χ3n) is 3.54. The first-order valence-electron chi connectivity index (χ1n) is 6.49. The molecule has 0 aliphatic rings. The number of nitrogens with two attached hydrogens (primary N) is 3. The highest BCUT2D eigenvalue weighted by Crippen LogP contribution is 2.23. The largest absolute Gasteiger partial charge is 0.366 e. The summed E-state index contributed by atoms with van der Waals surface area (Å²) >= 11 is 0. The normalized spacial score (nSPS) is 13.3. The van der Waals surface area contributed by atoms with Crippen LogP contribution in [0.2, 0.25) is 0 Å². The summed E-state index contributed by atoms with van der Waals surface area (Å²) in [6.45, 7) is 3.75. The lowest BCUT2D eigenvalue weighted by atomic mass is 9.86. The molecule has 114 valence electrons. The molecule has 21 heavy (non-hydrogen) atoms. The van der Waals surface area contributed by atoms with Crippen molar-refractivity contribution in [3.8, 4) is 0 Å². The fourth-order valence-electron chi connectivity index (χ4n) is 1.66. The molecule has 1 rings (SSSR count). The average molecular weight is 292 g/mol. The van der Waals surface area contributed by atoms with Gasteiger partial charge in [-0.1, -0.05) is 6.92 Å². The van der Waals surface area contributed by atoms with Gasteiger partial charge in [-0.15, -0.1) is 0 Å². The van der Waals surface area contributed by atoms with Crippen molar-refractivity contribution in [3.05, 3.63) is 29.3 Å². The van der Waals surface area contributed by atoms with Gasteiger partial charge in [-0.3, -0.25) is 14.4 Å². The number of primary amides is 2. The molecule has 1 atom stereocenters. The van der Waals surface area contributed by atoms with Gasteiger partial charge in [0.05, 0.1) is 5.41 Å². The monoisotopic (exact) mass is 292 g/mol. The Labute approximate surface area is 122 Å². The van der Waals surface area contributed by atoms with E-state index in [0.717, 1.165) is 0 Å². The molecule has 0 radical (unpaired) electrons. The first-order chi connectivity index (χ1) is 9.73. The van der Waals surface area contributed by atoms with E-state index >= 15 is 0 Å². The molecule has 0 saturated carbocycles. The minimum Gasteiger partial charge on any atom is -0.366 e. The molecular formula is C14H20N4O3. The van der Waals surface area contributed by atoms with Crippen LogP contribution in [-0.4, -0.2) is 24.3 Å². The highest BCUT2D eigenvalue weighted by Gasteiger charge is 2.29. The van der Waals surface area contributed by atoms with Gasteiger partial charge < -0.3 is 22.5 Å². The molecule has 3 amide bonds. The van der Waals surface area contributed by atoms with Crippen molar-refractivity contribution in [2.45, 2.75) is 20.3 Å². The van der Waals surface area contributed by atoms with Crippen molar-refractivity contribution in [1.29, 1.82) is 0 Å². The van der Waals surface area contributed by atoms with Crippen molar-refractivity contribution in [2.75, 3.05) is 11.9 Å². The van der Waals surface area contributed by atoms with Gasteiger partial charge in [-0.2, -0.15) is 0 Å². The second kappa shape index (κ2) is 6.36. The Hall–Kier alpha value is -2.41. The van der Waals surface area contributed by atoms with E-state index in [1.807, 2.05) is 6.92 Å². The zero-order valence-corrected chi connectivity index (χ0v) is 12.1. The molecule has 7 nitrogen and oxygen atoms in total. The Kier molecular flexibility index (Phi) is 5.04. The van der Waals surface area contributed by atoms with Gasteiger partial charge in [-0.05, 0) is 31.5 Å². The summed E-state index contributed by atoms with van der Waals surface area (Å²) in [5.74, 6) is -1.74.